The molecule has 1 unspecified atom stereocenters. The molecule has 1 fully saturated rings. The fraction of sp³-hybridized carbons (Fsp3) is 0.312. The molecule has 2 aromatic rings. The zero-order valence-corrected chi connectivity index (χ0v) is 11.7. The van der Waals surface area contributed by atoms with Crippen LogP contribution in [0.15, 0.2) is 49.1 Å². The van der Waals surface area contributed by atoms with Crippen LogP contribution in [-0.2, 0) is 11.3 Å². The van der Waals surface area contributed by atoms with E-state index in [1.807, 2.05) is 24.3 Å². The number of nitrogens with zero attached hydrogens (tertiary/aromatic N) is 2. The number of hydrogen-bond donors (Lipinski definition) is 2. The summed E-state index contributed by atoms with van der Waals surface area (Å²) in [6, 6.07) is 7.79. The van der Waals surface area contributed by atoms with Crippen molar-refractivity contribution in [2.24, 2.45) is 5.92 Å². The van der Waals surface area contributed by atoms with Crippen LogP contribution in [0.4, 0.5) is 0 Å². The Morgan fingerprint density at radius 3 is 2.48 bits per heavy atom. The Labute approximate surface area is 123 Å². The Balaban J connectivity index is 1.64. The van der Waals surface area contributed by atoms with Gasteiger partial charge < -0.3 is 10.6 Å². The molecule has 0 radical (unpaired) electrons. The van der Waals surface area contributed by atoms with Crippen LogP contribution in [-0.4, -0.2) is 29.0 Å². The molecule has 0 spiro atoms. The van der Waals surface area contributed by atoms with Crippen LogP contribution < -0.4 is 10.6 Å². The molecule has 2 N–H and O–H groups in total. The highest BCUT2D eigenvalue weighted by Gasteiger charge is 2.33. The molecule has 21 heavy (non-hydrogen) atoms. The quantitative estimate of drug-likeness (QED) is 0.881. The molecule has 108 valence electrons. The van der Waals surface area contributed by atoms with E-state index in [9.17, 15) is 4.79 Å². The van der Waals surface area contributed by atoms with Crippen molar-refractivity contribution < 1.29 is 4.79 Å². The zero-order chi connectivity index (χ0) is 14.5. The van der Waals surface area contributed by atoms with E-state index in [-0.39, 0.29) is 17.7 Å². The first-order valence-electron chi connectivity index (χ1n) is 7.12. The lowest BCUT2D eigenvalue weighted by molar-refractivity contribution is -0.125. The summed E-state index contributed by atoms with van der Waals surface area (Å²) in [5.74, 6) is 0.276. The summed E-state index contributed by atoms with van der Waals surface area (Å²) in [6.45, 7) is 2.09. The predicted molar refractivity (Wildman–Crippen MR) is 79.4 cm³/mol. The van der Waals surface area contributed by atoms with Crippen molar-refractivity contribution in [1.82, 2.24) is 20.6 Å². The molecule has 0 aromatic carbocycles. The lowest BCUT2D eigenvalue weighted by Gasteiger charge is -2.18. The van der Waals surface area contributed by atoms with Crippen molar-refractivity contribution in [3.63, 3.8) is 0 Å². The van der Waals surface area contributed by atoms with E-state index >= 15 is 0 Å². The van der Waals surface area contributed by atoms with Crippen LogP contribution in [0.25, 0.3) is 0 Å². The van der Waals surface area contributed by atoms with Gasteiger partial charge >= 0.3 is 0 Å². The number of aromatic nitrogens is 2. The Bertz CT molecular complexity index is 588. The zero-order valence-electron chi connectivity index (χ0n) is 11.7. The third kappa shape index (κ3) is 3.25. The number of carbonyl (C=O) groups excluding carboxylic acids is 1. The van der Waals surface area contributed by atoms with Gasteiger partial charge in [0, 0.05) is 50.3 Å². The Morgan fingerprint density at radius 2 is 1.76 bits per heavy atom. The minimum Gasteiger partial charge on any atom is -0.352 e. The Hall–Kier alpha value is -2.27. The normalized spacial score (nSPS) is 21.1. The predicted octanol–water partition coefficient (Wildman–Crippen LogP) is 1.10. The van der Waals surface area contributed by atoms with Crippen LogP contribution >= 0.6 is 0 Å². The van der Waals surface area contributed by atoms with E-state index < -0.39 is 0 Å². The SMILES string of the molecule is O=C(NCc1ccncc1)C1CNC[C@H]1c1ccncc1. The molecular weight excluding hydrogens is 264 g/mol. The first-order chi connectivity index (χ1) is 10.3. The van der Waals surface area contributed by atoms with E-state index in [1.54, 1.807) is 24.8 Å². The van der Waals surface area contributed by atoms with Gasteiger partial charge in [-0.15, -0.1) is 0 Å². The highest BCUT2D eigenvalue weighted by Crippen LogP contribution is 2.27. The van der Waals surface area contributed by atoms with E-state index in [0.29, 0.717) is 6.54 Å². The molecule has 1 saturated heterocycles. The maximum Gasteiger partial charge on any atom is 0.225 e. The average Bonchev–Trinajstić information content (AvgIpc) is 3.04. The minimum atomic E-state index is -0.0331. The lowest BCUT2D eigenvalue weighted by atomic mass is 9.89. The second-order valence-corrected chi connectivity index (χ2v) is 5.23. The molecule has 2 atom stereocenters. The highest BCUT2D eigenvalue weighted by molar-refractivity contribution is 5.80. The second kappa shape index (κ2) is 6.45. The van der Waals surface area contributed by atoms with Gasteiger partial charge in [0.15, 0.2) is 0 Å². The van der Waals surface area contributed by atoms with Crippen molar-refractivity contribution in [3.05, 3.63) is 60.2 Å². The van der Waals surface area contributed by atoms with Gasteiger partial charge in [-0.25, -0.2) is 0 Å². The number of rotatable bonds is 4. The second-order valence-electron chi connectivity index (χ2n) is 5.23. The van der Waals surface area contributed by atoms with Crippen LogP contribution in [0.2, 0.25) is 0 Å². The molecule has 5 heteroatoms. The fourth-order valence-electron chi connectivity index (χ4n) is 2.74. The summed E-state index contributed by atoms with van der Waals surface area (Å²) in [4.78, 5) is 20.4. The summed E-state index contributed by atoms with van der Waals surface area (Å²) >= 11 is 0. The van der Waals surface area contributed by atoms with Crippen LogP contribution in [0.1, 0.15) is 17.0 Å². The maximum absolute atomic E-state index is 12.4. The van der Waals surface area contributed by atoms with Crippen LogP contribution in [0.5, 0.6) is 0 Å². The summed E-state index contributed by atoms with van der Waals surface area (Å²) in [5, 5.41) is 6.33. The van der Waals surface area contributed by atoms with Crippen molar-refractivity contribution in [3.8, 4) is 0 Å². The first-order valence-corrected chi connectivity index (χ1v) is 7.12. The molecule has 0 bridgehead atoms. The van der Waals surface area contributed by atoms with E-state index in [1.165, 1.54) is 5.56 Å². The van der Waals surface area contributed by atoms with Gasteiger partial charge in [0.2, 0.25) is 5.91 Å². The van der Waals surface area contributed by atoms with Gasteiger partial charge in [-0.05, 0) is 35.4 Å². The first kappa shape index (κ1) is 13.7. The van der Waals surface area contributed by atoms with Gasteiger partial charge in [-0.1, -0.05) is 0 Å². The standard InChI is InChI=1S/C16H18N4O/c21-16(20-9-12-1-5-17-6-2-12)15-11-19-10-14(15)13-3-7-18-8-4-13/h1-8,14-15,19H,9-11H2,(H,20,21)/t14-,15?/m0/s1. The van der Waals surface area contributed by atoms with Crippen LogP contribution in [0.3, 0.4) is 0 Å². The van der Waals surface area contributed by atoms with Crippen molar-refractivity contribution >= 4 is 5.91 Å². The minimum absolute atomic E-state index is 0.0331. The van der Waals surface area contributed by atoms with E-state index in [2.05, 4.69) is 20.6 Å². The fourth-order valence-corrected chi connectivity index (χ4v) is 2.74. The van der Waals surface area contributed by atoms with Gasteiger partial charge in [-0.2, -0.15) is 0 Å². The van der Waals surface area contributed by atoms with Crippen molar-refractivity contribution in [1.29, 1.82) is 0 Å². The third-order valence-corrected chi connectivity index (χ3v) is 3.90. The number of nitrogens with one attached hydrogen (secondary N) is 2. The molecular formula is C16H18N4O. The number of hydrogen-bond acceptors (Lipinski definition) is 4. The largest absolute Gasteiger partial charge is 0.352 e. The summed E-state index contributed by atoms with van der Waals surface area (Å²) < 4.78 is 0. The molecule has 3 rings (SSSR count). The van der Waals surface area contributed by atoms with Gasteiger partial charge in [0.25, 0.3) is 0 Å². The van der Waals surface area contributed by atoms with Gasteiger partial charge in [0.05, 0.1) is 5.92 Å². The number of carbonyl (C=O) groups is 1. The number of amides is 1. The van der Waals surface area contributed by atoms with Gasteiger partial charge in [-0.3, -0.25) is 14.8 Å². The molecule has 2 aromatic heterocycles. The Kier molecular flexibility index (Phi) is 4.21. The topological polar surface area (TPSA) is 66.9 Å². The molecule has 1 aliphatic heterocycles. The summed E-state index contributed by atoms with van der Waals surface area (Å²) in [7, 11) is 0. The monoisotopic (exact) mass is 282 g/mol. The molecule has 3 heterocycles. The van der Waals surface area contributed by atoms with E-state index in [4.69, 9.17) is 0 Å². The summed E-state index contributed by atoms with van der Waals surface area (Å²) in [6.07, 6.45) is 7.02. The molecule has 1 aliphatic rings. The molecule has 1 amide bonds. The van der Waals surface area contributed by atoms with Gasteiger partial charge in [0.1, 0.15) is 0 Å². The summed E-state index contributed by atoms with van der Waals surface area (Å²) in [5.41, 5.74) is 2.23. The van der Waals surface area contributed by atoms with Crippen LogP contribution in [0, 0.1) is 5.92 Å². The van der Waals surface area contributed by atoms with Crippen molar-refractivity contribution in [2.75, 3.05) is 13.1 Å². The maximum atomic E-state index is 12.4. The molecule has 5 nitrogen and oxygen atoms in total. The lowest BCUT2D eigenvalue weighted by Crippen LogP contribution is -2.34. The highest BCUT2D eigenvalue weighted by atomic mass is 16.1. The smallest absolute Gasteiger partial charge is 0.225 e. The van der Waals surface area contributed by atoms with E-state index in [0.717, 1.165) is 18.7 Å². The van der Waals surface area contributed by atoms with Crippen molar-refractivity contribution in [2.45, 2.75) is 12.5 Å². The molecule has 0 aliphatic carbocycles. The molecule has 0 saturated carbocycles. The number of pyridine rings is 2. The average molecular weight is 282 g/mol. The Morgan fingerprint density at radius 1 is 1.10 bits per heavy atom. The third-order valence-electron chi connectivity index (χ3n) is 3.90.